The number of benzene rings is 2. The fraction of sp³-hybridized carbons (Fsp3) is 0.333. The van der Waals surface area contributed by atoms with Crippen LogP contribution in [-0.2, 0) is 9.53 Å². The van der Waals surface area contributed by atoms with Gasteiger partial charge in [-0.15, -0.1) is 0 Å². The van der Waals surface area contributed by atoms with Crippen LogP contribution in [0.1, 0.15) is 54.9 Å². The number of amides is 1. The Morgan fingerprint density at radius 2 is 1.69 bits per heavy atom. The molecular weight excluding hydrogens is 366 g/mol. The summed E-state index contributed by atoms with van der Waals surface area (Å²) in [6, 6.07) is 14.3. The first kappa shape index (κ1) is 20.6. The van der Waals surface area contributed by atoms with Gasteiger partial charge in [0.05, 0.1) is 12.2 Å². The van der Waals surface area contributed by atoms with Gasteiger partial charge in [-0.3, -0.25) is 4.79 Å². The van der Waals surface area contributed by atoms with E-state index in [0.717, 1.165) is 37.0 Å². The molecule has 0 aromatic heterocycles. The summed E-state index contributed by atoms with van der Waals surface area (Å²) >= 11 is 0. The van der Waals surface area contributed by atoms with Crippen LogP contribution >= 0.6 is 0 Å². The zero-order chi connectivity index (χ0) is 20.5. The molecule has 1 fully saturated rings. The lowest BCUT2D eigenvalue weighted by molar-refractivity contribution is -0.111. The van der Waals surface area contributed by atoms with Crippen molar-refractivity contribution in [1.82, 2.24) is 0 Å². The van der Waals surface area contributed by atoms with E-state index in [2.05, 4.69) is 5.32 Å². The lowest BCUT2D eigenvalue weighted by Gasteiger charge is -2.21. The van der Waals surface area contributed by atoms with Crippen LogP contribution in [0, 0.1) is 0 Å². The van der Waals surface area contributed by atoms with Gasteiger partial charge in [-0.2, -0.15) is 0 Å². The molecule has 1 aliphatic carbocycles. The Hall–Kier alpha value is -3.08. The monoisotopic (exact) mass is 393 g/mol. The van der Waals surface area contributed by atoms with E-state index >= 15 is 0 Å². The van der Waals surface area contributed by atoms with Crippen LogP contribution in [0.5, 0.6) is 5.75 Å². The Balaban J connectivity index is 1.50. The highest BCUT2D eigenvalue weighted by atomic mass is 16.5. The highest BCUT2D eigenvalue weighted by Crippen LogP contribution is 2.22. The minimum Gasteiger partial charge on any atom is -0.494 e. The quantitative estimate of drug-likeness (QED) is 0.517. The number of esters is 1. The molecule has 5 heteroatoms. The first-order valence-electron chi connectivity index (χ1n) is 10.2. The van der Waals surface area contributed by atoms with E-state index in [0.29, 0.717) is 17.9 Å². The summed E-state index contributed by atoms with van der Waals surface area (Å²) in [6.07, 6.45) is 8.59. The van der Waals surface area contributed by atoms with Gasteiger partial charge in [0, 0.05) is 11.8 Å². The maximum absolute atomic E-state index is 12.2. The Bertz CT molecular complexity index is 834. The van der Waals surface area contributed by atoms with Crippen LogP contribution in [0.3, 0.4) is 0 Å². The molecule has 1 N–H and O–H groups in total. The third kappa shape index (κ3) is 6.49. The fourth-order valence-corrected chi connectivity index (χ4v) is 3.29. The number of hydrogen-bond donors (Lipinski definition) is 1. The van der Waals surface area contributed by atoms with E-state index in [4.69, 9.17) is 9.47 Å². The van der Waals surface area contributed by atoms with Gasteiger partial charge < -0.3 is 14.8 Å². The molecule has 0 atom stereocenters. The van der Waals surface area contributed by atoms with Gasteiger partial charge >= 0.3 is 5.97 Å². The van der Waals surface area contributed by atoms with Crippen molar-refractivity contribution in [2.75, 3.05) is 11.9 Å². The van der Waals surface area contributed by atoms with Crippen molar-refractivity contribution in [2.45, 2.75) is 45.1 Å². The van der Waals surface area contributed by atoms with Crippen molar-refractivity contribution in [3.8, 4) is 5.75 Å². The zero-order valence-electron chi connectivity index (χ0n) is 16.7. The second-order valence-electron chi connectivity index (χ2n) is 7.07. The molecular formula is C24H27NO4. The Labute approximate surface area is 171 Å². The number of hydrogen-bond acceptors (Lipinski definition) is 4. The predicted octanol–water partition coefficient (Wildman–Crippen LogP) is 5.23. The van der Waals surface area contributed by atoms with Gasteiger partial charge in [-0.1, -0.05) is 18.6 Å². The molecule has 3 rings (SSSR count). The molecule has 0 heterocycles. The molecule has 0 saturated heterocycles. The second-order valence-corrected chi connectivity index (χ2v) is 7.07. The van der Waals surface area contributed by atoms with Crippen molar-refractivity contribution >= 4 is 23.6 Å². The van der Waals surface area contributed by atoms with E-state index in [1.807, 2.05) is 31.2 Å². The van der Waals surface area contributed by atoms with Gasteiger partial charge in [0.2, 0.25) is 5.91 Å². The van der Waals surface area contributed by atoms with E-state index in [-0.39, 0.29) is 18.0 Å². The molecule has 0 bridgehead atoms. The number of rotatable bonds is 7. The molecule has 29 heavy (non-hydrogen) atoms. The molecule has 2 aromatic carbocycles. The standard InChI is InChI=1S/C24H27NO4/c1-2-28-21-15-8-18(9-16-21)10-17-23(26)25-20-13-11-19(12-14-20)24(27)29-22-6-4-3-5-7-22/h8-17,22H,2-7H2,1H3,(H,25,26)/b17-10+. The SMILES string of the molecule is CCOc1ccc(/C=C/C(=O)Nc2ccc(C(=O)OC3CCCCC3)cc2)cc1. The maximum Gasteiger partial charge on any atom is 0.338 e. The van der Waals surface area contributed by atoms with Crippen molar-refractivity contribution in [3.63, 3.8) is 0 Å². The summed E-state index contributed by atoms with van der Waals surface area (Å²) in [5, 5.41) is 2.79. The van der Waals surface area contributed by atoms with Crippen molar-refractivity contribution in [3.05, 3.63) is 65.7 Å². The van der Waals surface area contributed by atoms with Crippen LogP contribution in [0.25, 0.3) is 6.08 Å². The largest absolute Gasteiger partial charge is 0.494 e. The molecule has 1 saturated carbocycles. The lowest BCUT2D eigenvalue weighted by Crippen LogP contribution is -2.20. The second kappa shape index (κ2) is 10.5. The predicted molar refractivity (Wildman–Crippen MR) is 114 cm³/mol. The minimum atomic E-state index is -0.301. The smallest absolute Gasteiger partial charge is 0.338 e. The van der Waals surface area contributed by atoms with E-state index < -0.39 is 0 Å². The highest BCUT2D eigenvalue weighted by molar-refractivity contribution is 6.02. The van der Waals surface area contributed by atoms with Gasteiger partial charge in [0.25, 0.3) is 0 Å². The summed E-state index contributed by atoms with van der Waals surface area (Å²) < 4.78 is 11.0. The third-order valence-electron chi connectivity index (χ3n) is 4.83. The number of nitrogens with one attached hydrogen (secondary N) is 1. The van der Waals surface area contributed by atoms with Gasteiger partial charge in [0.15, 0.2) is 0 Å². The number of carbonyl (C=O) groups excluding carboxylic acids is 2. The summed E-state index contributed by atoms with van der Waals surface area (Å²) in [7, 11) is 0. The van der Waals surface area contributed by atoms with Crippen LogP contribution in [-0.4, -0.2) is 24.6 Å². The van der Waals surface area contributed by atoms with Gasteiger partial charge in [-0.05, 0) is 80.6 Å². The fourth-order valence-electron chi connectivity index (χ4n) is 3.29. The third-order valence-corrected chi connectivity index (χ3v) is 4.83. The minimum absolute atomic E-state index is 0.0309. The zero-order valence-corrected chi connectivity index (χ0v) is 16.7. The summed E-state index contributed by atoms with van der Waals surface area (Å²) in [5.74, 6) is 0.262. The normalized spacial score (nSPS) is 14.5. The van der Waals surface area contributed by atoms with Crippen LogP contribution in [0.15, 0.2) is 54.6 Å². The molecule has 5 nitrogen and oxygen atoms in total. The van der Waals surface area contributed by atoms with Crippen LogP contribution < -0.4 is 10.1 Å². The average Bonchev–Trinajstić information content (AvgIpc) is 2.75. The van der Waals surface area contributed by atoms with Crippen molar-refractivity contribution < 1.29 is 19.1 Å². The highest BCUT2D eigenvalue weighted by Gasteiger charge is 2.18. The van der Waals surface area contributed by atoms with E-state index in [1.165, 1.54) is 12.5 Å². The Morgan fingerprint density at radius 3 is 2.34 bits per heavy atom. The number of carbonyl (C=O) groups is 2. The molecule has 2 aromatic rings. The van der Waals surface area contributed by atoms with Crippen LogP contribution in [0.2, 0.25) is 0 Å². The summed E-state index contributed by atoms with van der Waals surface area (Å²) in [4.78, 5) is 24.4. The van der Waals surface area contributed by atoms with E-state index in [9.17, 15) is 9.59 Å². The summed E-state index contributed by atoms with van der Waals surface area (Å²) in [5.41, 5.74) is 2.03. The summed E-state index contributed by atoms with van der Waals surface area (Å²) in [6.45, 7) is 2.55. The molecule has 0 aliphatic heterocycles. The molecule has 0 spiro atoms. The molecule has 1 amide bonds. The molecule has 0 radical (unpaired) electrons. The van der Waals surface area contributed by atoms with Crippen molar-refractivity contribution in [2.24, 2.45) is 0 Å². The molecule has 1 aliphatic rings. The number of ether oxygens (including phenoxy) is 2. The Kier molecular flexibility index (Phi) is 7.45. The van der Waals surface area contributed by atoms with Crippen LogP contribution in [0.4, 0.5) is 5.69 Å². The lowest BCUT2D eigenvalue weighted by atomic mass is 9.98. The van der Waals surface area contributed by atoms with Gasteiger partial charge in [-0.25, -0.2) is 4.79 Å². The Morgan fingerprint density at radius 1 is 1.00 bits per heavy atom. The topological polar surface area (TPSA) is 64.6 Å². The van der Waals surface area contributed by atoms with E-state index in [1.54, 1.807) is 30.3 Å². The average molecular weight is 393 g/mol. The van der Waals surface area contributed by atoms with Crippen molar-refractivity contribution in [1.29, 1.82) is 0 Å². The van der Waals surface area contributed by atoms with Gasteiger partial charge in [0.1, 0.15) is 11.9 Å². The first-order valence-corrected chi connectivity index (χ1v) is 10.2. The molecule has 0 unspecified atom stereocenters. The maximum atomic E-state index is 12.2. The molecule has 152 valence electrons. The number of anilines is 1. The first-order chi connectivity index (χ1) is 14.1.